The zero-order valence-electron chi connectivity index (χ0n) is 4.87. The van der Waals surface area contributed by atoms with Gasteiger partial charge in [0.1, 0.15) is 0 Å². The average molecular weight is 122 g/mol. The highest BCUT2D eigenvalue weighted by Crippen LogP contribution is 2.12. The number of rotatable bonds is 0. The zero-order valence-corrected chi connectivity index (χ0v) is 4.87. The molecule has 1 aromatic rings. The van der Waals surface area contributed by atoms with E-state index in [1.54, 1.807) is 12.4 Å². The van der Waals surface area contributed by atoms with Gasteiger partial charge in [0.05, 0.1) is 24.6 Å². The molecule has 0 amide bonds. The third kappa shape index (κ3) is 0.695. The molecule has 0 saturated heterocycles. The molecule has 0 radical (unpaired) electrons. The second-order valence-electron chi connectivity index (χ2n) is 1.94. The lowest BCUT2D eigenvalue weighted by atomic mass is 10.4. The average Bonchev–Trinajstić information content (AvgIpc) is 2.33. The second-order valence-corrected chi connectivity index (χ2v) is 1.94. The van der Waals surface area contributed by atoms with Crippen LogP contribution in [-0.4, -0.2) is 9.97 Å². The van der Waals surface area contributed by atoms with Crippen molar-refractivity contribution < 1.29 is 4.74 Å². The van der Waals surface area contributed by atoms with Crippen molar-refractivity contribution in [1.29, 1.82) is 0 Å². The number of fused-ring (bicyclic) bond motifs is 1. The van der Waals surface area contributed by atoms with Crippen molar-refractivity contribution in [3.8, 4) is 0 Å². The SMILES string of the molecule is c1cnc2c(n1)COC2. The molecule has 0 atom stereocenters. The van der Waals surface area contributed by atoms with Gasteiger partial charge >= 0.3 is 0 Å². The van der Waals surface area contributed by atoms with Crippen LogP contribution in [0.15, 0.2) is 12.4 Å². The van der Waals surface area contributed by atoms with Crippen LogP contribution in [0, 0.1) is 0 Å². The maximum Gasteiger partial charge on any atom is 0.0912 e. The summed E-state index contributed by atoms with van der Waals surface area (Å²) in [6.07, 6.45) is 3.38. The molecule has 1 aromatic heterocycles. The molecule has 2 rings (SSSR count). The molecule has 46 valence electrons. The number of hydrogen-bond acceptors (Lipinski definition) is 3. The highest BCUT2D eigenvalue weighted by Gasteiger charge is 2.11. The minimum Gasteiger partial charge on any atom is -0.369 e. The fraction of sp³-hybridized carbons (Fsp3) is 0.333. The summed E-state index contributed by atoms with van der Waals surface area (Å²) in [5, 5.41) is 0. The third-order valence-corrected chi connectivity index (χ3v) is 1.34. The summed E-state index contributed by atoms with van der Waals surface area (Å²) in [5.41, 5.74) is 1.97. The van der Waals surface area contributed by atoms with Gasteiger partial charge in [0.25, 0.3) is 0 Å². The quantitative estimate of drug-likeness (QED) is 0.502. The van der Waals surface area contributed by atoms with E-state index in [0.29, 0.717) is 13.2 Å². The highest BCUT2D eigenvalue weighted by atomic mass is 16.5. The minimum absolute atomic E-state index is 0.628. The number of hydrogen-bond donors (Lipinski definition) is 0. The van der Waals surface area contributed by atoms with Gasteiger partial charge in [0.15, 0.2) is 0 Å². The fourth-order valence-electron chi connectivity index (χ4n) is 0.881. The fourth-order valence-corrected chi connectivity index (χ4v) is 0.881. The van der Waals surface area contributed by atoms with Crippen molar-refractivity contribution in [3.63, 3.8) is 0 Å². The van der Waals surface area contributed by atoms with Crippen molar-refractivity contribution in [2.24, 2.45) is 0 Å². The Morgan fingerprint density at radius 2 is 1.67 bits per heavy atom. The van der Waals surface area contributed by atoms with Crippen LogP contribution in [-0.2, 0) is 18.0 Å². The minimum atomic E-state index is 0.628. The molecule has 0 saturated carbocycles. The smallest absolute Gasteiger partial charge is 0.0912 e. The van der Waals surface area contributed by atoms with Gasteiger partial charge in [-0.3, -0.25) is 9.97 Å². The second kappa shape index (κ2) is 1.77. The summed E-state index contributed by atoms with van der Waals surface area (Å²) in [6.45, 7) is 1.26. The summed E-state index contributed by atoms with van der Waals surface area (Å²) < 4.78 is 5.09. The summed E-state index contributed by atoms with van der Waals surface area (Å²) >= 11 is 0. The Morgan fingerprint density at radius 1 is 1.11 bits per heavy atom. The standard InChI is InChI=1S/C6H6N2O/c1-2-8-6-4-9-3-5(6)7-1/h1-2H,3-4H2. The normalized spacial score (nSPS) is 15.6. The van der Waals surface area contributed by atoms with E-state index in [2.05, 4.69) is 9.97 Å². The molecular weight excluding hydrogens is 116 g/mol. The molecule has 0 spiro atoms. The van der Waals surface area contributed by atoms with Crippen molar-refractivity contribution in [3.05, 3.63) is 23.8 Å². The first-order valence-corrected chi connectivity index (χ1v) is 2.83. The first-order chi connectivity index (χ1) is 4.47. The van der Waals surface area contributed by atoms with Crippen LogP contribution in [0.4, 0.5) is 0 Å². The number of nitrogens with zero attached hydrogens (tertiary/aromatic N) is 2. The Labute approximate surface area is 52.7 Å². The van der Waals surface area contributed by atoms with Crippen molar-refractivity contribution in [2.45, 2.75) is 13.2 Å². The molecule has 9 heavy (non-hydrogen) atoms. The predicted octanol–water partition coefficient (Wildman–Crippen LogP) is 0.507. The van der Waals surface area contributed by atoms with Crippen LogP contribution in [0.25, 0.3) is 0 Å². The monoisotopic (exact) mass is 122 g/mol. The van der Waals surface area contributed by atoms with E-state index >= 15 is 0 Å². The molecule has 3 nitrogen and oxygen atoms in total. The van der Waals surface area contributed by atoms with Crippen molar-refractivity contribution >= 4 is 0 Å². The van der Waals surface area contributed by atoms with Crippen LogP contribution in [0.1, 0.15) is 11.4 Å². The number of aromatic nitrogens is 2. The Kier molecular flexibility index (Phi) is 0.960. The maximum absolute atomic E-state index is 5.09. The lowest BCUT2D eigenvalue weighted by molar-refractivity contribution is 0.132. The van der Waals surface area contributed by atoms with E-state index in [1.165, 1.54) is 0 Å². The Hall–Kier alpha value is -0.960. The molecule has 1 aliphatic heterocycles. The van der Waals surface area contributed by atoms with Gasteiger partial charge in [-0.2, -0.15) is 0 Å². The van der Waals surface area contributed by atoms with E-state index in [-0.39, 0.29) is 0 Å². The Balaban J connectivity index is 2.54. The van der Waals surface area contributed by atoms with E-state index in [4.69, 9.17) is 4.74 Å². The van der Waals surface area contributed by atoms with Gasteiger partial charge < -0.3 is 4.74 Å². The van der Waals surface area contributed by atoms with E-state index in [1.807, 2.05) is 0 Å². The molecule has 0 N–H and O–H groups in total. The van der Waals surface area contributed by atoms with E-state index in [0.717, 1.165) is 11.4 Å². The third-order valence-electron chi connectivity index (χ3n) is 1.34. The first kappa shape index (κ1) is 4.88. The molecule has 0 unspecified atom stereocenters. The van der Waals surface area contributed by atoms with Gasteiger partial charge in [-0.25, -0.2) is 0 Å². The summed E-state index contributed by atoms with van der Waals surface area (Å²) in [4.78, 5) is 8.14. The van der Waals surface area contributed by atoms with Gasteiger partial charge in [0.2, 0.25) is 0 Å². The topological polar surface area (TPSA) is 35.0 Å². The largest absolute Gasteiger partial charge is 0.369 e. The predicted molar refractivity (Wildman–Crippen MR) is 30.5 cm³/mol. The molecule has 0 aromatic carbocycles. The molecule has 2 heterocycles. The number of ether oxygens (including phenoxy) is 1. The first-order valence-electron chi connectivity index (χ1n) is 2.83. The lowest BCUT2D eigenvalue weighted by Crippen LogP contribution is -1.88. The van der Waals surface area contributed by atoms with Gasteiger partial charge in [0, 0.05) is 12.4 Å². The molecule has 0 aliphatic carbocycles. The van der Waals surface area contributed by atoms with Gasteiger partial charge in [-0.1, -0.05) is 0 Å². The van der Waals surface area contributed by atoms with Gasteiger partial charge in [-0.05, 0) is 0 Å². The van der Waals surface area contributed by atoms with Crippen LogP contribution in [0.3, 0.4) is 0 Å². The Bertz CT molecular complexity index is 201. The van der Waals surface area contributed by atoms with Crippen LogP contribution in [0.2, 0.25) is 0 Å². The van der Waals surface area contributed by atoms with E-state index < -0.39 is 0 Å². The zero-order chi connectivity index (χ0) is 6.10. The van der Waals surface area contributed by atoms with Crippen LogP contribution < -0.4 is 0 Å². The van der Waals surface area contributed by atoms with E-state index in [9.17, 15) is 0 Å². The lowest BCUT2D eigenvalue weighted by Gasteiger charge is -1.88. The molecule has 0 fully saturated rings. The summed E-state index contributed by atoms with van der Waals surface area (Å²) in [7, 11) is 0. The molecular formula is C6H6N2O. The van der Waals surface area contributed by atoms with Crippen LogP contribution in [0.5, 0.6) is 0 Å². The summed E-state index contributed by atoms with van der Waals surface area (Å²) in [6, 6.07) is 0. The van der Waals surface area contributed by atoms with Crippen molar-refractivity contribution in [2.75, 3.05) is 0 Å². The molecule has 1 aliphatic rings. The molecule has 0 bridgehead atoms. The highest BCUT2D eigenvalue weighted by molar-refractivity contribution is 5.11. The summed E-state index contributed by atoms with van der Waals surface area (Å²) in [5.74, 6) is 0. The molecule has 3 heteroatoms. The van der Waals surface area contributed by atoms with Crippen molar-refractivity contribution in [1.82, 2.24) is 9.97 Å². The maximum atomic E-state index is 5.09. The Morgan fingerprint density at radius 3 is 2.22 bits per heavy atom. The van der Waals surface area contributed by atoms with Crippen LogP contribution >= 0.6 is 0 Å². The van der Waals surface area contributed by atoms with Gasteiger partial charge in [-0.15, -0.1) is 0 Å².